The highest BCUT2D eigenvalue weighted by molar-refractivity contribution is 6.30. The monoisotopic (exact) mass is 255 g/mol. The van der Waals surface area contributed by atoms with Gasteiger partial charge in [-0.25, -0.2) is 0 Å². The minimum atomic E-state index is -0.835. The van der Waals surface area contributed by atoms with E-state index in [1.54, 1.807) is 13.0 Å². The van der Waals surface area contributed by atoms with Gasteiger partial charge < -0.3 is 5.11 Å². The lowest BCUT2D eigenvalue weighted by Crippen LogP contribution is -2.10. The van der Waals surface area contributed by atoms with Crippen LogP contribution in [0, 0.1) is 5.92 Å². The molecule has 1 N–H and O–H groups in total. The topological polar surface area (TPSA) is 67.3 Å². The number of carbonyl (C=O) groups excluding carboxylic acids is 1. The summed E-state index contributed by atoms with van der Waals surface area (Å²) in [4.78, 5) is 26.2. The van der Waals surface area contributed by atoms with Gasteiger partial charge in [-0.15, -0.1) is 0 Å². The molecule has 92 valence electrons. The van der Waals surface area contributed by atoms with Gasteiger partial charge in [-0.05, 0) is 25.0 Å². The number of rotatable bonds is 6. The number of nitrogens with zero attached hydrogens (tertiary/aromatic N) is 1. The molecule has 1 unspecified atom stereocenters. The van der Waals surface area contributed by atoms with E-state index in [1.807, 2.05) is 0 Å². The Bertz CT molecular complexity index is 420. The number of aromatic nitrogens is 1. The van der Waals surface area contributed by atoms with Crippen LogP contribution >= 0.6 is 11.6 Å². The average molecular weight is 256 g/mol. The maximum atomic E-state index is 11.7. The van der Waals surface area contributed by atoms with Gasteiger partial charge in [0.15, 0.2) is 5.78 Å². The Morgan fingerprint density at radius 1 is 1.53 bits per heavy atom. The molecular formula is C12H14ClNO3. The zero-order valence-corrected chi connectivity index (χ0v) is 10.3. The second-order valence-electron chi connectivity index (χ2n) is 3.91. The summed E-state index contributed by atoms with van der Waals surface area (Å²) in [6, 6.07) is 3.12. The Morgan fingerprint density at radius 3 is 2.82 bits per heavy atom. The lowest BCUT2D eigenvalue weighted by Gasteiger charge is -2.05. The summed E-state index contributed by atoms with van der Waals surface area (Å²) in [6.45, 7) is 1.63. The SMILES string of the molecule is CC(CCCC(=O)c1cc(Cl)ccn1)C(=O)O. The van der Waals surface area contributed by atoms with Crippen LogP contribution in [0.25, 0.3) is 0 Å². The van der Waals surface area contributed by atoms with Crippen LogP contribution in [0.15, 0.2) is 18.3 Å². The van der Waals surface area contributed by atoms with Gasteiger partial charge in [-0.1, -0.05) is 18.5 Å². The molecule has 0 aromatic carbocycles. The highest BCUT2D eigenvalue weighted by atomic mass is 35.5. The van der Waals surface area contributed by atoms with Crippen molar-refractivity contribution in [1.29, 1.82) is 0 Å². The fraction of sp³-hybridized carbons (Fsp3) is 0.417. The number of halogens is 1. The summed E-state index contributed by atoms with van der Waals surface area (Å²) >= 11 is 5.75. The largest absolute Gasteiger partial charge is 0.481 e. The minimum Gasteiger partial charge on any atom is -0.481 e. The van der Waals surface area contributed by atoms with Crippen molar-refractivity contribution in [3.05, 3.63) is 29.0 Å². The van der Waals surface area contributed by atoms with E-state index in [0.717, 1.165) is 0 Å². The molecule has 0 aliphatic rings. The number of carboxylic acid groups (broad SMARTS) is 1. The van der Waals surface area contributed by atoms with Gasteiger partial charge >= 0.3 is 5.97 Å². The van der Waals surface area contributed by atoms with Crippen molar-refractivity contribution in [1.82, 2.24) is 4.98 Å². The van der Waals surface area contributed by atoms with Crippen molar-refractivity contribution in [3.8, 4) is 0 Å². The van der Waals surface area contributed by atoms with Gasteiger partial charge in [0.2, 0.25) is 0 Å². The van der Waals surface area contributed by atoms with Crippen LogP contribution in [0.2, 0.25) is 5.02 Å². The van der Waals surface area contributed by atoms with E-state index < -0.39 is 11.9 Å². The smallest absolute Gasteiger partial charge is 0.306 e. The zero-order chi connectivity index (χ0) is 12.8. The Morgan fingerprint density at radius 2 is 2.24 bits per heavy atom. The van der Waals surface area contributed by atoms with Crippen LogP contribution in [0.4, 0.5) is 0 Å². The third-order valence-electron chi connectivity index (χ3n) is 2.47. The van der Waals surface area contributed by atoms with E-state index >= 15 is 0 Å². The van der Waals surface area contributed by atoms with Crippen molar-refractivity contribution in [2.45, 2.75) is 26.2 Å². The highest BCUT2D eigenvalue weighted by Crippen LogP contribution is 2.13. The van der Waals surface area contributed by atoms with Gasteiger partial charge in [0.1, 0.15) is 5.69 Å². The maximum absolute atomic E-state index is 11.7. The van der Waals surface area contributed by atoms with Crippen LogP contribution < -0.4 is 0 Å². The molecule has 0 saturated heterocycles. The van der Waals surface area contributed by atoms with E-state index in [1.165, 1.54) is 12.3 Å². The predicted octanol–water partition coefficient (Wildman–Crippen LogP) is 2.81. The lowest BCUT2D eigenvalue weighted by atomic mass is 10.0. The van der Waals surface area contributed by atoms with Crippen molar-refractivity contribution >= 4 is 23.4 Å². The average Bonchev–Trinajstić information content (AvgIpc) is 2.28. The molecule has 0 saturated carbocycles. The fourth-order valence-corrected chi connectivity index (χ4v) is 1.54. The molecule has 0 amide bonds. The summed E-state index contributed by atoms with van der Waals surface area (Å²) in [5.41, 5.74) is 0.334. The molecule has 1 atom stereocenters. The van der Waals surface area contributed by atoms with E-state index in [4.69, 9.17) is 16.7 Å². The molecular weight excluding hydrogens is 242 g/mol. The molecule has 1 aromatic heterocycles. The van der Waals surface area contributed by atoms with Crippen LogP contribution in [0.5, 0.6) is 0 Å². The summed E-state index contributed by atoms with van der Waals surface area (Å²) in [6.07, 6.45) is 2.81. The summed E-state index contributed by atoms with van der Waals surface area (Å²) in [5.74, 6) is -1.36. The molecule has 17 heavy (non-hydrogen) atoms. The number of carbonyl (C=O) groups is 2. The molecule has 0 aliphatic heterocycles. The van der Waals surface area contributed by atoms with E-state index in [9.17, 15) is 9.59 Å². The number of aliphatic carboxylic acids is 1. The third kappa shape index (κ3) is 4.53. The van der Waals surface area contributed by atoms with Crippen LogP contribution in [0.3, 0.4) is 0 Å². The molecule has 1 aromatic rings. The predicted molar refractivity (Wildman–Crippen MR) is 64.2 cm³/mol. The summed E-state index contributed by atoms with van der Waals surface area (Å²) in [5, 5.41) is 9.16. The normalized spacial score (nSPS) is 12.1. The number of hydrogen-bond donors (Lipinski definition) is 1. The first kappa shape index (κ1) is 13.6. The molecule has 0 fully saturated rings. The molecule has 4 nitrogen and oxygen atoms in total. The Kier molecular flexibility index (Phi) is 5.10. The highest BCUT2D eigenvalue weighted by Gasteiger charge is 2.13. The fourth-order valence-electron chi connectivity index (χ4n) is 1.38. The van der Waals surface area contributed by atoms with Gasteiger partial charge in [-0.2, -0.15) is 0 Å². The molecule has 1 rings (SSSR count). The molecule has 1 heterocycles. The molecule has 0 bridgehead atoms. The second kappa shape index (κ2) is 6.35. The number of hydrogen-bond acceptors (Lipinski definition) is 3. The number of carboxylic acids is 1. The Hall–Kier alpha value is -1.42. The molecule has 5 heteroatoms. The summed E-state index contributed by atoms with van der Waals surface area (Å²) in [7, 11) is 0. The van der Waals surface area contributed by atoms with E-state index in [0.29, 0.717) is 30.0 Å². The number of Topliss-reactive ketones (excluding diaryl/α,β-unsaturated/α-hetero) is 1. The van der Waals surface area contributed by atoms with Crippen LogP contribution in [0.1, 0.15) is 36.7 Å². The van der Waals surface area contributed by atoms with E-state index in [-0.39, 0.29) is 5.78 Å². The van der Waals surface area contributed by atoms with E-state index in [2.05, 4.69) is 4.98 Å². The van der Waals surface area contributed by atoms with Crippen LogP contribution in [-0.4, -0.2) is 21.8 Å². The van der Waals surface area contributed by atoms with Gasteiger partial charge in [0.25, 0.3) is 0 Å². The first-order valence-corrected chi connectivity index (χ1v) is 5.76. The molecule has 0 spiro atoms. The van der Waals surface area contributed by atoms with Crippen molar-refractivity contribution < 1.29 is 14.7 Å². The van der Waals surface area contributed by atoms with Crippen molar-refractivity contribution in [2.75, 3.05) is 0 Å². The molecule has 0 aliphatic carbocycles. The maximum Gasteiger partial charge on any atom is 0.306 e. The first-order chi connectivity index (χ1) is 8.00. The van der Waals surface area contributed by atoms with Crippen molar-refractivity contribution in [3.63, 3.8) is 0 Å². The lowest BCUT2D eigenvalue weighted by molar-refractivity contribution is -0.141. The standard InChI is InChI=1S/C12H14ClNO3/c1-8(12(16)17)3-2-4-11(15)10-7-9(13)5-6-14-10/h5-8H,2-4H2,1H3,(H,16,17). The Labute approximate surface area is 105 Å². The first-order valence-electron chi connectivity index (χ1n) is 5.38. The van der Waals surface area contributed by atoms with Gasteiger partial charge in [-0.3, -0.25) is 14.6 Å². The number of ketones is 1. The van der Waals surface area contributed by atoms with Gasteiger partial charge in [0, 0.05) is 17.6 Å². The second-order valence-corrected chi connectivity index (χ2v) is 4.35. The van der Waals surface area contributed by atoms with Crippen molar-refractivity contribution in [2.24, 2.45) is 5.92 Å². The quantitative estimate of drug-likeness (QED) is 0.794. The van der Waals surface area contributed by atoms with Crippen LogP contribution in [-0.2, 0) is 4.79 Å². The number of pyridine rings is 1. The minimum absolute atomic E-state index is 0.106. The Balaban J connectivity index is 2.43. The third-order valence-corrected chi connectivity index (χ3v) is 2.71. The zero-order valence-electron chi connectivity index (χ0n) is 9.52. The molecule has 0 radical (unpaired) electrons. The summed E-state index contributed by atoms with van der Waals surface area (Å²) < 4.78 is 0. The van der Waals surface area contributed by atoms with Gasteiger partial charge in [0.05, 0.1) is 5.92 Å².